The maximum Gasteiger partial charge on any atom is 0.280 e. The molecular formula is C17H26N4O2S. The van der Waals surface area contributed by atoms with Crippen molar-refractivity contribution in [2.24, 2.45) is 5.92 Å². The van der Waals surface area contributed by atoms with Gasteiger partial charge in [-0.1, -0.05) is 13.8 Å². The predicted octanol–water partition coefficient (Wildman–Crippen LogP) is 1.51. The molecule has 1 fully saturated rings. The summed E-state index contributed by atoms with van der Waals surface area (Å²) in [5.74, 6) is 0.0738. The van der Waals surface area contributed by atoms with Gasteiger partial charge in [-0.2, -0.15) is 0 Å². The predicted molar refractivity (Wildman–Crippen MR) is 94.1 cm³/mol. The Morgan fingerprint density at radius 2 is 2.12 bits per heavy atom. The number of nitrogens with zero attached hydrogens (tertiary/aromatic N) is 3. The first-order chi connectivity index (χ1) is 11.4. The fraction of sp³-hybridized carbons (Fsp3) is 0.706. The Hall–Kier alpha value is -1.47. The standard InChI is InChI=1S/C17H26N4O2S/c1-11(2)17(23)21-7-4-5-12(9-21)18-15(22)16-19-13-6-8-20(3)10-14(13)24-16/h11-12H,4-10H2,1-3H3,(H,18,22)/t12-/m0/s1. The monoisotopic (exact) mass is 350 g/mol. The average molecular weight is 350 g/mol. The summed E-state index contributed by atoms with van der Waals surface area (Å²) in [5.41, 5.74) is 1.07. The number of likely N-dealkylation sites (tertiary alicyclic amines) is 1. The second-order valence-electron chi connectivity index (χ2n) is 7.13. The van der Waals surface area contributed by atoms with Crippen LogP contribution in [0.15, 0.2) is 0 Å². The first kappa shape index (κ1) is 17.4. The highest BCUT2D eigenvalue weighted by molar-refractivity contribution is 7.13. The van der Waals surface area contributed by atoms with Gasteiger partial charge in [-0.15, -0.1) is 11.3 Å². The van der Waals surface area contributed by atoms with E-state index in [1.54, 1.807) is 0 Å². The number of rotatable bonds is 3. The zero-order valence-corrected chi connectivity index (χ0v) is 15.5. The zero-order chi connectivity index (χ0) is 17.3. The van der Waals surface area contributed by atoms with E-state index in [0.29, 0.717) is 11.6 Å². The van der Waals surface area contributed by atoms with Crippen LogP contribution in [0.1, 0.15) is 47.1 Å². The molecule has 3 heterocycles. The second kappa shape index (κ2) is 7.19. The summed E-state index contributed by atoms with van der Waals surface area (Å²) in [7, 11) is 2.09. The molecule has 0 bridgehead atoms. The Morgan fingerprint density at radius 1 is 1.33 bits per heavy atom. The number of amides is 2. The molecule has 1 aromatic heterocycles. The normalized spacial score (nSPS) is 21.7. The van der Waals surface area contributed by atoms with E-state index >= 15 is 0 Å². The number of carbonyl (C=O) groups is 2. The molecule has 0 aliphatic carbocycles. The van der Waals surface area contributed by atoms with Crippen molar-refractivity contribution in [3.63, 3.8) is 0 Å². The van der Waals surface area contributed by atoms with Gasteiger partial charge >= 0.3 is 0 Å². The quantitative estimate of drug-likeness (QED) is 0.897. The van der Waals surface area contributed by atoms with E-state index in [4.69, 9.17) is 0 Å². The molecule has 6 nitrogen and oxygen atoms in total. The summed E-state index contributed by atoms with van der Waals surface area (Å²) in [4.78, 5) is 34.6. The van der Waals surface area contributed by atoms with Crippen LogP contribution in [0.4, 0.5) is 0 Å². The molecule has 2 aliphatic heterocycles. The smallest absolute Gasteiger partial charge is 0.280 e. The van der Waals surface area contributed by atoms with Gasteiger partial charge in [0.1, 0.15) is 0 Å². The Morgan fingerprint density at radius 3 is 2.88 bits per heavy atom. The fourth-order valence-electron chi connectivity index (χ4n) is 3.33. The molecule has 0 radical (unpaired) electrons. The number of fused-ring (bicyclic) bond motifs is 1. The molecule has 1 N–H and O–H groups in total. The topological polar surface area (TPSA) is 65.5 Å². The van der Waals surface area contributed by atoms with Crippen LogP contribution in [0, 0.1) is 5.92 Å². The summed E-state index contributed by atoms with van der Waals surface area (Å²) in [6.07, 6.45) is 2.76. The van der Waals surface area contributed by atoms with Crippen LogP contribution in [0.3, 0.4) is 0 Å². The second-order valence-corrected chi connectivity index (χ2v) is 8.21. The van der Waals surface area contributed by atoms with Gasteiger partial charge in [0.2, 0.25) is 5.91 Å². The number of aromatic nitrogens is 1. The molecule has 0 aromatic carbocycles. The molecular weight excluding hydrogens is 324 g/mol. The average Bonchev–Trinajstić information content (AvgIpc) is 2.97. The SMILES string of the molecule is CC(C)C(=O)N1CCC[C@H](NC(=O)c2nc3c(s2)CN(C)CC3)C1. The molecule has 132 valence electrons. The number of hydrogen-bond donors (Lipinski definition) is 1. The van der Waals surface area contributed by atoms with Crippen LogP contribution < -0.4 is 5.32 Å². The van der Waals surface area contributed by atoms with Crippen LogP contribution in [0.5, 0.6) is 0 Å². The molecule has 1 saturated heterocycles. The van der Waals surface area contributed by atoms with Crippen LogP contribution in [0.25, 0.3) is 0 Å². The number of carbonyl (C=O) groups excluding carboxylic acids is 2. The molecule has 2 amide bonds. The lowest BCUT2D eigenvalue weighted by Crippen LogP contribution is -2.50. The van der Waals surface area contributed by atoms with Crippen LogP contribution in [-0.4, -0.2) is 59.3 Å². The maximum absolute atomic E-state index is 12.5. The van der Waals surface area contributed by atoms with Gasteiger partial charge in [0, 0.05) is 49.4 Å². The Kier molecular flexibility index (Phi) is 5.20. The number of piperidine rings is 1. The number of nitrogens with one attached hydrogen (secondary N) is 1. The lowest BCUT2D eigenvalue weighted by molar-refractivity contribution is -0.135. The lowest BCUT2D eigenvalue weighted by Gasteiger charge is -2.34. The minimum absolute atomic E-state index is 0.00197. The van der Waals surface area contributed by atoms with Crippen molar-refractivity contribution in [1.29, 1.82) is 0 Å². The van der Waals surface area contributed by atoms with Gasteiger partial charge in [-0.05, 0) is 19.9 Å². The van der Waals surface area contributed by atoms with Gasteiger partial charge < -0.3 is 15.1 Å². The molecule has 7 heteroatoms. The molecule has 0 unspecified atom stereocenters. The van der Waals surface area contributed by atoms with Gasteiger partial charge in [-0.3, -0.25) is 9.59 Å². The molecule has 1 aromatic rings. The van der Waals surface area contributed by atoms with E-state index in [9.17, 15) is 9.59 Å². The highest BCUT2D eigenvalue weighted by Gasteiger charge is 2.28. The minimum Gasteiger partial charge on any atom is -0.345 e. The fourth-order valence-corrected chi connectivity index (χ4v) is 4.42. The Bertz CT molecular complexity index is 628. The number of thiazole rings is 1. The van der Waals surface area contributed by atoms with Gasteiger partial charge in [0.25, 0.3) is 5.91 Å². The van der Waals surface area contributed by atoms with Crippen molar-refractivity contribution in [3.05, 3.63) is 15.6 Å². The van der Waals surface area contributed by atoms with Crippen molar-refractivity contribution >= 4 is 23.2 Å². The van der Waals surface area contributed by atoms with Crippen molar-refractivity contribution in [2.75, 3.05) is 26.7 Å². The third kappa shape index (κ3) is 3.78. The van der Waals surface area contributed by atoms with Gasteiger partial charge in [0.05, 0.1) is 5.69 Å². The highest BCUT2D eigenvalue weighted by atomic mass is 32.1. The maximum atomic E-state index is 12.5. The van der Waals surface area contributed by atoms with E-state index in [1.807, 2.05) is 18.7 Å². The number of likely N-dealkylation sites (N-methyl/N-ethyl adjacent to an activating group) is 1. The van der Waals surface area contributed by atoms with Crippen LogP contribution in [-0.2, 0) is 17.8 Å². The lowest BCUT2D eigenvalue weighted by atomic mass is 10.0. The third-order valence-corrected chi connectivity index (χ3v) is 5.76. The van der Waals surface area contributed by atoms with Crippen LogP contribution in [0.2, 0.25) is 0 Å². The van der Waals surface area contributed by atoms with E-state index < -0.39 is 0 Å². The number of hydrogen-bond acceptors (Lipinski definition) is 5. The first-order valence-corrected chi connectivity index (χ1v) is 9.52. The minimum atomic E-state index is -0.0964. The third-order valence-electron chi connectivity index (χ3n) is 4.68. The summed E-state index contributed by atoms with van der Waals surface area (Å²) in [5, 5.41) is 3.64. The molecule has 0 spiro atoms. The molecule has 0 saturated carbocycles. The summed E-state index contributed by atoms with van der Waals surface area (Å²) in [6.45, 7) is 7.11. The van der Waals surface area contributed by atoms with Crippen LogP contribution >= 0.6 is 11.3 Å². The molecule has 1 atom stereocenters. The van der Waals surface area contributed by atoms with Crippen molar-refractivity contribution in [3.8, 4) is 0 Å². The molecule has 24 heavy (non-hydrogen) atoms. The summed E-state index contributed by atoms with van der Waals surface area (Å²) >= 11 is 1.50. The summed E-state index contributed by atoms with van der Waals surface area (Å²) < 4.78 is 0. The van der Waals surface area contributed by atoms with E-state index in [-0.39, 0.29) is 23.8 Å². The molecule has 3 rings (SSSR count). The van der Waals surface area contributed by atoms with E-state index in [1.165, 1.54) is 16.2 Å². The first-order valence-electron chi connectivity index (χ1n) is 8.71. The van der Waals surface area contributed by atoms with Gasteiger partial charge in [0.15, 0.2) is 5.01 Å². The molecule has 2 aliphatic rings. The van der Waals surface area contributed by atoms with E-state index in [2.05, 4.69) is 22.2 Å². The van der Waals surface area contributed by atoms with E-state index in [0.717, 1.165) is 44.6 Å². The largest absolute Gasteiger partial charge is 0.345 e. The highest BCUT2D eigenvalue weighted by Crippen LogP contribution is 2.24. The van der Waals surface area contributed by atoms with Crippen molar-refractivity contribution in [1.82, 2.24) is 20.1 Å². The Labute approximate surface area is 147 Å². The van der Waals surface area contributed by atoms with Crippen molar-refractivity contribution in [2.45, 2.75) is 45.7 Å². The van der Waals surface area contributed by atoms with Gasteiger partial charge in [-0.25, -0.2) is 4.98 Å². The summed E-state index contributed by atoms with van der Waals surface area (Å²) in [6, 6.07) is 0.0255. The zero-order valence-electron chi connectivity index (χ0n) is 14.7. The van der Waals surface area contributed by atoms with Crippen molar-refractivity contribution < 1.29 is 9.59 Å². The Balaban J connectivity index is 1.61.